The van der Waals surface area contributed by atoms with Gasteiger partial charge < -0.3 is 28.7 Å². The molecule has 2 aromatic rings. The first-order valence-corrected chi connectivity index (χ1v) is 19.1. The average Bonchev–Trinajstić information content (AvgIpc) is 3.54. The van der Waals surface area contributed by atoms with Crippen LogP contribution in [-0.4, -0.2) is 178 Å². The lowest BCUT2D eigenvalue weighted by Crippen LogP contribution is -2.62. The molecular formula is C31H18F36N8O4. The van der Waals surface area contributed by atoms with Crippen molar-refractivity contribution in [3.63, 3.8) is 0 Å². The SMILES string of the molecule is FC(F)(F)C(F)(F)C(F)(F)C(F)(F)COc1nc(OCC(F)(F)C(F)(F)C(F)(F)C(F)(F)F)nc(N2CCCN(c3nc(OCC(F)(F)C(F)(F)C(F)(F)C(F)(F)F)nc(OCC(F)(F)C(F)(F)C(F)(F)C(F)(F)F)n3)CC2)n1. The third-order valence-corrected chi connectivity index (χ3v) is 9.60. The first-order chi connectivity index (χ1) is 34.7. The van der Waals surface area contributed by atoms with Gasteiger partial charge in [0.15, 0.2) is 26.4 Å². The van der Waals surface area contributed by atoms with Crippen LogP contribution in [-0.2, 0) is 0 Å². The summed E-state index contributed by atoms with van der Waals surface area (Å²) in [6.07, 6.45) is -30.8. The van der Waals surface area contributed by atoms with Crippen LogP contribution in [0, 0.1) is 0 Å². The van der Waals surface area contributed by atoms with Crippen molar-refractivity contribution in [1.29, 1.82) is 0 Å². The number of nitrogens with zero attached hydrogens (tertiary/aromatic N) is 8. The molecule has 0 bridgehead atoms. The molecule has 458 valence electrons. The monoisotopic (exact) mass is 1250 g/mol. The molecule has 0 N–H and O–H groups in total. The molecule has 0 saturated carbocycles. The van der Waals surface area contributed by atoms with Crippen LogP contribution in [0.2, 0.25) is 0 Å². The number of hydrogen-bond acceptors (Lipinski definition) is 12. The molecule has 1 aliphatic rings. The first-order valence-electron chi connectivity index (χ1n) is 19.1. The van der Waals surface area contributed by atoms with Gasteiger partial charge in [0.1, 0.15) is 0 Å². The van der Waals surface area contributed by atoms with E-state index in [0.717, 1.165) is 0 Å². The number of rotatable bonds is 22. The Balaban J connectivity index is 2.15. The van der Waals surface area contributed by atoms with Gasteiger partial charge in [0, 0.05) is 26.2 Å². The molecule has 0 atom stereocenters. The second-order valence-electron chi connectivity index (χ2n) is 15.3. The maximum absolute atomic E-state index is 14.3. The second kappa shape index (κ2) is 20.7. The summed E-state index contributed by atoms with van der Waals surface area (Å²) in [6.45, 7) is -18.4. The first kappa shape index (κ1) is 67.6. The Bertz CT molecular complexity index is 2120. The van der Waals surface area contributed by atoms with Crippen LogP contribution in [0.15, 0.2) is 0 Å². The van der Waals surface area contributed by atoms with Crippen molar-refractivity contribution in [2.75, 3.05) is 62.4 Å². The number of anilines is 2. The van der Waals surface area contributed by atoms with Gasteiger partial charge in [-0.05, 0) is 6.42 Å². The van der Waals surface area contributed by atoms with Gasteiger partial charge in [-0.1, -0.05) is 0 Å². The molecule has 79 heavy (non-hydrogen) atoms. The third-order valence-electron chi connectivity index (χ3n) is 9.60. The lowest BCUT2D eigenvalue weighted by Gasteiger charge is -2.33. The topological polar surface area (TPSA) is 121 Å². The zero-order chi connectivity index (χ0) is 62.1. The predicted molar refractivity (Wildman–Crippen MR) is 174 cm³/mol. The molecule has 48 heteroatoms. The van der Waals surface area contributed by atoms with Crippen molar-refractivity contribution >= 4 is 11.9 Å². The van der Waals surface area contributed by atoms with E-state index in [1.54, 1.807) is 0 Å². The molecule has 0 spiro atoms. The summed E-state index contributed by atoms with van der Waals surface area (Å²) in [6, 6.07) is -9.13. The Hall–Kier alpha value is -5.70. The van der Waals surface area contributed by atoms with E-state index in [2.05, 4.69) is 48.9 Å². The fraction of sp³-hybridized carbons (Fsp3) is 0.806. The Labute approximate surface area is 408 Å². The minimum Gasteiger partial charge on any atom is -0.457 e. The van der Waals surface area contributed by atoms with Gasteiger partial charge in [0.25, 0.3) is 0 Å². The highest BCUT2D eigenvalue weighted by Crippen LogP contribution is 2.57. The lowest BCUT2D eigenvalue weighted by molar-refractivity contribution is -0.398. The third kappa shape index (κ3) is 12.5. The lowest BCUT2D eigenvalue weighted by atomic mass is 10.0. The Morgan fingerprint density at radius 2 is 0.430 bits per heavy atom. The van der Waals surface area contributed by atoms with Gasteiger partial charge in [-0.3, -0.25) is 0 Å². The minimum atomic E-state index is -7.67. The van der Waals surface area contributed by atoms with Crippen molar-refractivity contribution in [2.45, 2.75) is 102 Å². The number of hydrogen-bond donors (Lipinski definition) is 0. The van der Waals surface area contributed by atoms with Crippen LogP contribution < -0.4 is 28.7 Å². The van der Waals surface area contributed by atoms with E-state index in [1.807, 2.05) is 0 Å². The fourth-order valence-electron chi connectivity index (χ4n) is 5.13. The number of aromatic nitrogens is 6. The number of alkyl halides is 36. The normalized spacial score (nSPS) is 16.5. The van der Waals surface area contributed by atoms with Gasteiger partial charge in [-0.25, -0.2) is 0 Å². The van der Waals surface area contributed by atoms with Crippen molar-refractivity contribution in [2.24, 2.45) is 0 Å². The molecule has 2 aromatic heterocycles. The van der Waals surface area contributed by atoms with E-state index in [1.165, 1.54) is 0 Å². The maximum atomic E-state index is 14.3. The average molecular weight is 1250 g/mol. The summed E-state index contributed by atoms with van der Waals surface area (Å²) in [4.78, 5) is 17.7. The van der Waals surface area contributed by atoms with Crippen LogP contribution >= 0.6 is 0 Å². The minimum absolute atomic E-state index is 0.319. The van der Waals surface area contributed by atoms with E-state index in [9.17, 15) is 158 Å². The molecule has 1 fully saturated rings. The summed E-state index contributed by atoms with van der Waals surface area (Å²) in [5, 5.41) is 0. The highest BCUT2D eigenvalue weighted by Gasteiger charge is 2.85. The Morgan fingerprint density at radius 3 is 0.595 bits per heavy atom. The molecule has 0 amide bonds. The van der Waals surface area contributed by atoms with Crippen LogP contribution in [0.3, 0.4) is 0 Å². The van der Waals surface area contributed by atoms with Crippen LogP contribution in [0.5, 0.6) is 24.0 Å². The van der Waals surface area contributed by atoms with Gasteiger partial charge in [0.05, 0.1) is 0 Å². The number of ether oxygens (including phenoxy) is 4. The second-order valence-corrected chi connectivity index (χ2v) is 15.3. The van der Waals surface area contributed by atoms with Crippen molar-refractivity contribution in [1.82, 2.24) is 29.9 Å². The molecule has 0 aromatic carbocycles. The van der Waals surface area contributed by atoms with Gasteiger partial charge in [-0.2, -0.15) is 178 Å². The van der Waals surface area contributed by atoms with Gasteiger partial charge >= 0.3 is 120 Å². The molecule has 3 rings (SSSR count). The fourth-order valence-corrected chi connectivity index (χ4v) is 5.13. The standard InChI is InChI=1S/C31H18F36N8O4/c32-16(33,20(40,41)24(48,49)28(56,57)58)6-76-12-68-10(69-13(72-12)77-7-17(34,35)21(42,43)25(50,51)29(59,60)61)74-2-1-3-75(5-4-74)11-70-14(78-8-18(36,37)22(44,45)26(52,53)30(62,63)64)73-15(71-11)79-9-19(38,39)23(46,47)27(54,55)31(65,66)67/h1-9H2. The van der Waals surface area contributed by atoms with Gasteiger partial charge in [0.2, 0.25) is 11.9 Å². The zero-order valence-electron chi connectivity index (χ0n) is 36.2. The summed E-state index contributed by atoms with van der Waals surface area (Å²) in [5.74, 6) is -91.2. The van der Waals surface area contributed by atoms with Crippen LogP contribution in [0.4, 0.5) is 170 Å². The van der Waals surface area contributed by atoms with Crippen LogP contribution in [0.25, 0.3) is 0 Å². The molecule has 1 aliphatic heterocycles. The molecule has 12 nitrogen and oxygen atoms in total. The maximum Gasteiger partial charge on any atom is 0.460 e. The summed E-state index contributed by atoms with van der Waals surface area (Å²) in [7, 11) is 0. The van der Waals surface area contributed by atoms with E-state index in [0.29, 0.717) is 9.80 Å². The quantitative estimate of drug-likeness (QED) is 0.104. The zero-order valence-corrected chi connectivity index (χ0v) is 36.2. The number of halogens is 36. The van der Waals surface area contributed by atoms with Crippen LogP contribution in [0.1, 0.15) is 6.42 Å². The predicted octanol–water partition coefficient (Wildman–Crippen LogP) is 11.2. The highest BCUT2D eigenvalue weighted by atomic mass is 19.5. The smallest absolute Gasteiger partial charge is 0.457 e. The molecule has 0 aliphatic carbocycles. The van der Waals surface area contributed by atoms with Gasteiger partial charge in [-0.15, -0.1) is 9.97 Å². The molecule has 1 saturated heterocycles. The van der Waals surface area contributed by atoms with E-state index in [4.69, 9.17) is 0 Å². The van der Waals surface area contributed by atoms with E-state index in [-0.39, 0.29) is 0 Å². The molecule has 0 unspecified atom stereocenters. The largest absolute Gasteiger partial charge is 0.460 e. The molecular weight excluding hydrogens is 1230 g/mol. The molecule has 0 radical (unpaired) electrons. The van der Waals surface area contributed by atoms with E-state index < -0.39 is 191 Å². The summed E-state index contributed by atoms with van der Waals surface area (Å²) in [5.41, 5.74) is 0. The van der Waals surface area contributed by atoms with Crippen molar-refractivity contribution in [3.05, 3.63) is 0 Å². The summed E-state index contributed by atoms with van der Waals surface area (Å²) < 4.78 is 499. The van der Waals surface area contributed by atoms with E-state index >= 15 is 0 Å². The van der Waals surface area contributed by atoms with Crippen molar-refractivity contribution < 1.29 is 177 Å². The summed E-state index contributed by atoms with van der Waals surface area (Å²) >= 11 is 0. The Kier molecular flexibility index (Phi) is 17.7. The van der Waals surface area contributed by atoms with Crippen molar-refractivity contribution in [3.8, 4) is 24.0 Å². The Morgan fingerprint density at radius 1 is 0.253 bits per heavy atom. The molecule has 3 heterocycles. The highest BCUT2D eigenvalue weighted by molar-refractivity contribution is 5.38.